The quantitative estimate of drug-likeness (QED) is 0.501. The van der Waals surface area contributed by atoms with E-state index in [0.717, 1.165) is 16.8 Å². The maximum atomic E-state index is 12.7. The van der Waals surface area contributed by atoms with E-state index in [0.29, 0.717) is 12.2 Å². The standard InChI is InChI=1S/C22H25N5O3S/c1-27(2)21-6-4-3-5-18(21)16-25-31(29,30)20-9-7-19(8-10-20)26-22(28)24-15-17-11-13-23-14-12-17/h3-14,25H,15-16H2,1-2H3,(H2,24,26,28). The lowest BCUT2D eigenvalue weighted by Gasteiger charge is -2.17. The van der Waals surface area contributed by atoms with Crippen molar-refractivity contribution in [3.63, 3.8) is 0 Å². The van der Waals surface area contributed by atoms with E-state index in [2.05, 4.69) is 20.3 Å². The lowest BCUT2D eigenvalue weighted by atomic mass is 10.1. The number of hydrogen-bond donors (Lipinski definition) is 3. The molecular weight excluding hydrogens is 414 g/mol. The average Bonchev–Trinajstić information content (AvgIpc) is 2.77. The fourth-order valence-corrected chi connectivity index (χ4v) is 3.93. The third-order valence-electron chi connectivity index (χ3n) is 4.55. The van der Waals surface area contributed by atoms with Crippen LogP contribution >= 0.6 is 0 Å². The van der Waals surface area contributed by atoms with E-state index >= 15 is 0 Å². The number of urea groups is 1. The van der Waals surface area contributed by atoms with Crippen LogP contribution in [0.3, 0.4) is 0 Å². The van der Waals surface area contributed by atoms with Crippen LogP contribution in [0.1, 0.15) is 11.1 Å². The van der Waals surface area contributed by atoms with Crippen LogP contribution in [0.15, 0.2) is 78.0 Å². The molecule has 0 aliphatic rings. The SMILES string of the molecule is CN(C)c1ccccc1CNS(=O)(=O)c1ccc(NC(=O)NCc2ccncc2)cc1. The zero-order valence-electron chi connectivity index (χ0n) is 17.4. The first-order valence-electron chi connectivity index (χ1n) is 9.64. The fourth-order valence-electron chi connectivity index (χ4n) is 2.93. The van der Waals surface area contributed by atoms with Crippen molar-refractivity contribution in [2.45, 2.75) is 18.0 Å². The van der Waals surface area contributed by atoms with Gasteiger partial charge in [0.25, 0.3) is 0 Å². The van der Waals surface area contributed by atoms with Crippen molar-refractivity contribution in [1.29, 1.82) is 0 Å². The van der Waals surface area contributed by atoms with Gasteiger partial charge in [0.05, 0.1) is 4.90 Å². The summed E-state index contributed by atoms with van der Waals surface area (Å²) < 4.78 is 27.9. The van der Waals surface area contributed by atoms with Crippen molar-refractivity contribution < 1.29 is 13.2 Å². The smallest absolute Gasteiger partial charge is 0.319 e. The van der Waals surface area contributed by atoms with Crippen molar-refractivity contribution in [2.24, 2.45) is 0 Å². The molecule has 1 heterocycles. The lowest BCUT2D eigenvalue weighted by Crippen LogP contribution is -2.28. The van der Waals surface area contributed by atoms with Crippen LogP contribution in [0.25, 0.3) is 0 Å². The van der Waals surface area contributed by atoms with Crippen molar-refractivity contribution >= 4 is 27.4 Å². The molecule has 0 fully saturated rings. The molecule has 9 heteroatoms. The van der Waals surface area contributed by atoms with Crippen LogP contribution < -0.4 is 20.3 Å². The molecule has 8 nitrogen and oxygen atoms in total. The highest BCUT2D eigenvalue weighted by Gasteiger charge is 2.15. The second-order valence-electron chi connectivity index (χ2n) is 7.04. The Morgan fingerprint density at radius 2 is 1.61 bits per heavy atom. The van der Waals surface area contributed by atoms with Gasteiger partial charge in [0.15, 0.2) is 0 Å². The predicted molar refractivity (Wildman–Crippen MR) is 121 cm³/mol. The number of carbonyl (C=O) groups is 1. The molecule has 3 N–H and O–H groups in total. The molecule has 162 valence electrons. The van der Waals surface area contributed by atoms with Gasteiger partial charge in [-0.3, -0.25) is 4.98 Å². The van der Waals surface area contributed by atoms with E-state index in [-0.39, 0.29) is 17.5 Å². The van der Waals surface area contributed by atoms with Crippen molar-refractivity contribution in [3.05, 3.63) is 84.2 Å². The van der Waals surface area contributed by atoms with Gasteiger partial charge in [-0.05, 0) is 53.6 Å². The number of nitrogens with one attached hydrogen (secondary N) is 3. The van der Waals surface area contributed by atoms with Gasteiger partial charge >= 0.3 is 6.03 Å². The van der Waals surface area contributed by atoms with Crippen molar-refractivity contribution in [2.75, 3.05) is 24.3 Å². The topological polar surface area (TPSA) is 103 Å². The van der Waals surface area contributed by atoms with E-state index in [9.17, 15) is 13.2 Å². The van der Waals surface area contributed by atoms with Gasteiger partial charge in [0.1, 0.15) is 0 Å². The number of carbonyl (C=O) groups excluding carboxylic acids is 1. The Kier molecular flexibility index (Phi) is 7.22. The Labute approximate surface area is 182 Å². The average molecular weight is 440 g/mol. The number of nitrogens with zero attached hydrogens (tertiary/aromatic N) is 2. The van der Waals surface area contributed by atoms with Crippen molar-refractivity contribution in [3.8, 4) is 0 Å². The van der Waals surface area contributed by atoms with Gasteiger partial charge < -0.3 is 15.5 Å². The Hall–Kier alpha value is -3.43. The third kappa shape index (κ3) is 6.27. The Morgan fingerprint density at radius 1 is 0.935 bits per heavy atom. The fraction of sp³-hybridized carbons (Fsp3) is 0.182. The molecule has 0 spiro atoms. The van der Waals surface area contributed by atoms with E-state index in [1.807, 2.05) is 55.4 Å². The van der Waals surface area contributed by atoms with E-state index in [1.54, 1.807) is 24.5 Å². The number of aromatic nitrogens is 1. The minimum Gasteiger partial charge on any atom is -0.377 e. The number of rotatable bonds is 8. The Bertz CT molecular complexity index is 1120. The summed E-state index contributed by atoms with van der Waals surface area (Å²) in [6.07, 6.45) is 3.31. The first-order chi connectivity index (χ1) is 14.8. The molecule has 0 unspecified atom stereocenters. The summed E-state index contributed by atoms with van der Waals surface area (Å²) in [5, 5.41) is 5.41. The van der Waals surface area contributed by atoms with Gasteiger partial charge in [-0.15, -0.1) is 0 Å². The summed E-state index contributed by atoms with van der Waals surface area (Å²) in [5.41, 5.74) is 3.24. The van der Waals surface area contributed by atoms with Gasteiger partial charge in [-0.2, -0.15) is 0 Å². The van der Waals surface area contributed by atoms with Gasteiger partial charge in [-0.25, -0.2) is 17.9 Å². The maximum absolute atomic E-state index is 12.7. The van der Waals surface area contributed by atoms with Crippen LogP contribution in [-0.2, 0) is 23.1 Å². The molecule has 2 aromatic carbocycles. The molecule has 0 aliphatic heterocycles. The van der Waals surface area contributed by atoms with Crippen LogP contribution in [0.4, 0.5) is 16.2 Å². The molecule has 31 heavy (non-hydrogen) atoms. The van der Waals surface area contributed by atoms with Gasteiger partial charge in [-0.1, -0.05) is 18.2 Å². The molecule has 3 aromatic rings. The second kappa shape index (κ2) is 10.1. The van der Waals surface area contributed by atoms with Crippen LogP contribution in [0.5, 0.6) is 0 Å². The lowest BCUT2D eigenvalue weighted by molar-refractivity contribution is 0.251. The molecule has 0 radical (unpaired) electrons. The van der Waals surface area contributed by atoms with Crippen LogP contribution in [-0.4, -0.2) is 33.5 Å². The first-order valence-corrected chi connectivity index (χ1v) is 11.1. The molecule has 3 rings (SSSR count). The molecule has 0 saturated carbocycles. The number of amides is 2. The zero-order chi connectivity index (χ0) is 22.3. The second-order valence-corrected chi connectivity index (χ2v) is 8.80. The largest absolute Gasteiger partial charge is 0.377 e. The van der Waals surface area contributed by atoms with Crippen LogP contribution in [0, 0.1) is 0 Å². The zero-order valence-corrected chi connectivity index (χ0v) is 18.2. The Morgan fingerprint density at radius 3 is 2.29 bits per heavy atom. The summed E-state index contributed by atoms with van der Waals surface area (Å²) in [5.74, 6) is 0. The summed E-state index contributed by atoms with van der Waals surface area (Å²) in [4.78, 5) is 18.0. The normalized spacial score (nSPS) is 11.0. The molecule has 0 saturated heterocycles. The predicted octanol–water partition coefficient (Wildman–Crippen LogP) is 2.95. The molecule has 1 aromatic heterocycles. The summed E-state index contributed by atoms with van der Waals surface area (Å²) in [6.45, 7) is 0.535. The number of hydrogen-bond acceptors (Lipinski definition) is 5. The van der Waals surface area contributed by atoms with Crippen LogP contribution in [0.2, 0.25) is 0 Å². The highest BCUT2D eigenvalue weighted by Crippen LogP contribution is 2.19. The Balaban J connectivity index is 1.58. The van der Waals surface area contributed by atoms with E-state index in [1.165, 1.54) is 12.1 Å². The molecule has 0 atom stereocenters. The van der Waals surface area contributed by atoms with Crippen molar-refractivity contribution in [1.82, 2.24) is 15.0 Å². The number of pyridine rings is 1. The van der Waals surface area contributed by atoms with E-state index < -0.39 is 10.0 Å². The number of anilines is 2. The van der Waals surface area contributed by atoms with E-state index in [4.69, 9.17) is 0 Å². The molecular formula is C22H25N5O3S. The monoisotopic (exact) mass is 439 g/mol. The first kappa shape index (κ1) is 22.3. The number of benzene rings is 2. The summed E-state index contributed by atoms with van der Waals surface area (Å²) in [7, 11) is 0.123. The van der Waals surface area contributed by atoms with Gasteiger partial charge in [0, 0.05) is 51.0 Å². The maximum Gasteiger partial charge on any atom is 0.319 e. The third-order valence-corrected chi connectivity index (χ3v) is 5.97. The van der Waals surface area contributed by atoms with Gasteiger partial charge in [0.2, 0.25) is 10.0 Å². The molecule has 0 bridgehead atoms. The highest BCUT2D eigenvalue weighted by atomic mass is 32.2. The summed E-state index contributed by atoms with van der Waals surface area (Å²) in [6, 6.07) is 16.8. The summed E-state index contributed by atoms with van der Waals surface area (Å²) >= 11 is 0. The molecule has 0 aliphatic carbocycles. The number of sulfonamides is 1. The minimum absolute atomic E-state index is 0.123. The minimum atomic E-state index is -3.70. The highest BCUT2D eigenvalue weighted by molar-refractivity contribution is 7.89. The molecule has 2 amide bonds. The number of para-hydroxylation sites is 1.